The number of hydrogen-bond acceptors (Lipinski definition) is 3. The van der Waals surface area contributed by atoms with Crippen LogP contribution in [0.3, 0.4) is 0 Å². The van der Waals surface area contributed by atoms with Crippen LogP contribution in [0.15, 0.2) is 24.4 Å². The zero-order chi connectivity index (χ0) is 12.7. The van der Waals surface area contributed by atoms with Crippen molar-refractivity contribution in [3.05, 3.63) is 24.4 Å². The standard InChI is InChI=1S/C13H15N3OS/c1-15-11-3-2-4-12(10(11)6-14-15)16-7-9(8-18)5-13(16)17/h2-4,6,9,18H,5,7-8H2,1H3. The summed E-state index contributed by atoms with van der Waals surface area (Å²) in [4.78, 5) is 13.9. The molecule has 2 heterocycles. The summed E-state index contributed by atoms with van der Waals surface area (Å²) in [5.74, 6) is 1.30. The molecule has 5 heteroatoms. The van der Waals surface area contributed by atoms with Gasteiger partial charge in [0.1, 0.15) is 0 Å². The van der Waals surface area contributed by atoms with Crippen LogP contribution in [0.25, 0.3) is 10.9 Å². The van der Waals surface area contributed by atoms with E-state index < -0.39 is 0 Å². The molecule has 0 spiro atoms. The third-order valence-corrected chi connectivity index (χ3v) is 4.04. The number of rotatable bonds is 2. The highest BCUT2D eigenvalue weighted by Gasteiger charge is 2.30. The second-order valence-electron chi connectivity index (χ2n) is 4.74. The zero-order valence-corrected chi connectivity index (χ0v) is 11.1. The molecule has 3 rings (SSSR count). The second-order valence-corrected chi connectivity index (χ2v) is 5.10. The fraction of sp³-hybridized carbons (Fsp3) is 0.385. The van der Waals surface area contributed by atoms with Crippen LogP contribution in [0, 0.1) is 5.92 Å². The largest absolute Gasteiger partial charge is 0.311 e. The van der Waals surface area contributed by atoms with Crippen LogP contribution in [0.2, 0.25) is 0 Å². The molecule has 1 atom stereocenters. The fourth-order valence-corrected chi connectivity index (χ4v) is 2.78. The van der Waals surface area contributed by atoms with Gasteiger partial charge in [-0.15, -0.1) is 0 Å². The highest BCUT2D eigenvalue weighted by Crippen LogP contribution is 2.31. The first-order valence-electron chi connectivity index (χ1n) is 6.02. The molecule has 18 heavy (non-hydrogen) atoms. The Morgan fingerprint density at radius 2 is 2.33 bits per heavy atom. The normalized spacial score (nSPS) is 20.0. The number of carbonyl (C=O) groups excluding carboxylic acids is 1. The van der Waals surface area contributed by atoms with Crippen LogP contribution in [-0.2, 0) is 11.8 Å². The van der Waals surface area contributed by atoms with Crippen molar-refractivity contribution in [2.24, 2.45) is 13.0 Å². The van der Waals surface area contributed by atoms with Crippen LogP contribution in [0.5, 0.6) is 0 Å². The monoisotopic (exact) mass is 261 g/mol. The van der Waals surface area contributed by atoms with Gasteiger partial charge in [0.2, 0.25) is 5.91 Å². The molecule has 94 valence electrons. The zero-order valence-electron chi connectivity index (χ0n) is 10.2. The minimum absolute atomic E-state index is 0.186. The molecule has 1 aliphatic rings. The van der Waals surface area contributed by atoms with Crippen LogP contribution >= 0.6 is 12.6 Å². The number of benzene rings is 1. The molecule has 0 N–H and O–H groups in total. The number of amides is 1. The van der Waals surface area contributed by atoms with Gasteiger partial charge in [-0.2, -0.15) is 17.7 Å². The average Bonchev–Trinajstić information content (AvgIpc) is 2.93. The van der Waals surface area contributed by atoms with Gasteiger partial charge in [-0.1, -0.05) is 6.07 Å². The van der Waals surface area contributed by atoms with E-state index >= 15 is 0 Å². The van der Waals surface area contributed by atoms with Crippen molar-refractivity contribution < 1.29 is 4.79 Å². The molecular weight excluding hydrogens is 246 g/mol. The average molecular weight is 261 g/mol. The Morgan fingerprint density at radius 3 is 3.06 bits per heavy atom. The van der Waals surface area contributed by atoms with E-state index in [-0.39, 0.29) is 5.91 Å². The van der Waals surface area contributed by atoms with Gasteiger partial charge < -0.3 is 4.90 Å². The quantitative estimate of drug-likeness (QED) is 0.838. The molecule has 1 saturated heterocycles. The van der Waals surface area contributed by atoms with Crippen molar-refractivity contribution in [3.63, 3.8) is 0 Å². The van der Waals surface area contributed by atoms with Crippen molar-refractivity contribution >= 4 is 35.1 Å². The van der Waals surface area contributed by atoms with E-state index in [9.17, 15) is 4.79 Å². The summed E-state index contributed by atoms with van der Waals surface area (Å²) in [5.41, 5.74) is 2.02. The molecule has 2 aromatic rings. The highest BCUT2D eigenvalue weighted by atomic mass is 32.1. The number of aromatic nitrogens is 2. The number of hydrogen-bond donors (Lipinski definition) is 1. The van der Waals surface area contributed by atoms with Crippen molar-refractivity contribution in [3.8, 4) is 0 Å². The van der Waals surface area contributed by atoms with Crippen molar-refractivity contribution in [2.45, 2.75) is 6.42 Å². The molecule has 0 radical (unpaired) electrons. The molecule has 1 aromatic carbocycles. The third kappa shape index (κ3) is 1.70. The predicted molar refractivity (Wildman–Crippen MR) is 75.0 cm³/mol. The maximum atomic E-state index is 12.1. The summed E-state index contributed by atoms with van der Waals surface area (Å²) in [6.07, 6.45) is 2.42. The minimum atomic E-state index is 0.186. The van der Waals surface area contributed by atoms with E-state index in [1.54, 1.807) is 0 Å². The first-order valence-corrected chi connectivity index (χ1v) is 6.66. The summed E-state index contributed by atoms with van der Waals surface area (Å²) < 4.78 is 1.83. The van der Waals surface area contributed by atoms with Crippen molar-refractivity contribution in [1.82, 2.24) is 9.78 Å². The van der Waals surface area contributed by atoms with Gasteiger partial charge in [0, 0.05) is 25.4 Å². The van der Waals surface area contributed by atoms with Gasteiger partial charge in [-0.25, -0.2) is 0 Å². The van der Waals surface area contributed by atoms with E-state index in [0.717, 1.165) is 28.9 Å². The summed E-state index contributed by atoms with van der Waals surface area (Å²) >= 11 is 4.29. The fourth-order valence-electron chi connectivity index (χ4n) is 2.53. The Kier molecular flexibility index (Phi) is 2.78. The smallest absolute Gasteiger partial charge is 0.227 e. The number of thiol groups is 1. The summed E-state index contributed by atoms with van der Waals surface area (Å²) in [5, 5.41) is 5.29. The number of carbonyl (C=O) groups is 1. The molecule has 1 amide bonds. The Bertz CT molecular complexity index is 607. The molecule has 0 saturated carbocycles. The second kappa shape index (κ2) is 4.31. The van der Waals surface area contributed by atoms with Gasteiger partial charge in [-0.3, -0.25) is 9.48 Å². The van der Waals surface area contributed by atoms with Gasteiger partial charge in [0.15, 0.2) is 0 Å². The van der Waals surface area contributed by atoms with Gasteiger partial charge in [0.25, 0.3) is 0 Å². The van der Waals surface area contributed by atoms with Gasteiger partial charge in [-0.05, 0) is 23.8 Å². The number of nitrogens with zero attached hydrogens (tertiary/aromatic N) is 3. The van der Waals surface area contributed by atoms with E-state index in [1.807, 2.05) is 41.0 Å². The lowest BCUT2D eigenvalue weighted by Gasteiger charge is -2.17. The predicted octanol–water partition coefficient (Wildman–Crippen LogP) is 1.86. The van der Waals surface area contributed by atoms with Crippen LogP contribution in [0.1, 0.15) is 6.42 Å². The molecule has 0 aliphatic carbocycles. The van der Waals surface area contributed by atoms with Gasteiger partial charge >= 0.3 is 0 Å². The molecule has 1 aromatic heterocycles. The SMILES string of the molecule is Cn1ncc2c(N3CC(CS)CC3=O)cccc21. The summed E-state index contributed by atoms with van der Waals surface area (Å²) in [6.45, 7) is 0.760. The van der Waals surface area contributed by atoms with Crippen LogP contribution < -0.4 is 4.90 Å². The summed E-state index contributed by atoms with van der Waals surface area (Å²) in [6, 6.07) is 5.98. The summed E-state index contributed by atoms with van der Waals surface area (Å²) in [7, 11) is 1.91. The Labute approximate surface area is 111 Å². The maximum absolute atomic E-state index is 12.1. The van der Waals surface area contributed by atoms with E-state index in [4.69, 9.17) is 0 Å². The number of anilines is 1. The lowest BCUT2D eigenvalue weighted by Crippen LogP contribution is -2.24. The first-order chi connectivity index (χ1) is 8.70. The number of aryl methyl sites for hydroxylation is 1. The van der Waals surface area contributed by atoms with Gasteiger partial charge in [0.05, 0.1) is 17.4 Å². The third-order valence-electron chi connectivity index (χ3n) is 3.52. The van der Waals surface area contributed by atoms with Crippen LogP contribution in [-0.4, -0.2) is 28.0 Å². The Hall–Kier alpha value is -1.49. The Balaban J connectivity index is 2.07. The molecule has 1 unspecified atom stereocenters. The van der Waals surface area contributed by atoms with E-state index in [0.29, 0.717) is 12.3 Å². The Morgan fingerprint density at radius 1 is 1.50 bits per heavy atom. The highest BCUT2D eigenvalue weighted by molar-refractivity contribution is 7.80. The molecule has 1 aliphatic heterocycles. The molecule has 0 bridgehead atoms. The lowest BCUT2D eigenvalue weighted by atomic mass is 10.1. The minimum Gasteiger partial charge on any atom is -0.311 e. The van der Waals surface area contributed by atoms with Crippen molar-refractivity contribution in [2.75, 3.05) is 17.2 Å². The molecule has 4 nitrogen and oxygen atoms in total. The van der Waals surface area contributed by atoms with E-state index in [2.05, 4.69) is 17.7 Å². The molecule has 1 fully saturated rings. The van der Waals surface area contributed by atoms with E-state index in [1.165, 1.54) is 0 Å². The topological polar surface area (TPSA) is 38.1 Å². The number of fused-ring (bicyclic) bond motifs is 1. The lowest BCUT2D eigenvalue weighted by molar-refractivity contribution is -0.117. The molecular formula is C13H15N3OS. The van der Waals surface area contributed by atoms with Crippen molar-refractivity contribution in [1.29, 1.82) is 0 Å². The van der Waals surface area contributed by atoms with Crippen LogP contribution in [0.4, 0.5) is 5.69 Å². The maximum Gasteiger partial charge on any atom is 0.227 e. The first kappa shape index (κ1) is 11.6.